The first kappa shape index (κ1) is 22.1. The summed E-state index contributed by atoms with van der Waals surface area (Å²) in [6, 6.07) is 12.6. The number of ether oxygens (including phenoxy) is 2. The molecule has 0 fully saturated rings. The Labute approximate surface area is 185 Å². The lowest BCUT2D eigenvalue weighted by atomic mass is 10.1. The summed E-state index contributed by atoms with van der Waals surface area (Å²) in [5, 5.41) is 0.170. The Morgan fingerprint density at radius 1 is 1.00 bits per heavy atom. The Hall–Kier alpha value is -4.14. The second kappa shape index (κ2) is 9.15. The van der Waals surface area contributed by atoms with Crippen molar-refractivity contribution in [1.29, 1.82) is 0 Å². The monoisotopic (exact) mass is 454 g/mol. The number of fused-ring (bicyclic) bond motifs is 1. The summed E-state index contributed by atoms with van der Waals surface area (Å²) in [6.07, 6.45) is 1.25. The fourth-order valence-corrected chi connectivity index (χ4v) is 3.37. The third kappa shape index (κ3) is 4.87. The summed E-state index contributed by atoms with van der Waals surface area (Å²) in [5.41, 5.74) is 0.148. The molecular weight excluding hydrogens is 437 g/mol. The number of hydrogen-bond donors (Lipinski definition) is 0. The van der Waals surface area contributed by atoms with Crippen molar-refractivity contribution in [2.75, 3.05) is 7.11 Å². The van der Waals surface area contributed by atoms with Gasteiger partial charge in [0.15, 0.2) is 0 Å². The SMILES string of the molecule is COC(=O)Cc1cccc(Oc2ccc3c(c2)c(=O)ncn3Cc2c(F)cc(F)cc2F)c1. The standard InChI is InChI=1S/C24H17F3N2O4/c1-32-23(30)8-14-3-2-4-16(7-14)33-17-5-6-22-18(11-17)24(31)28-13-29(22)12-19-20(26)9-15(25)10-21(19)27/h2-7,9-11,13H,8,12H2,1H3. The number of carbonyl (C=O) groups excluding carboxylic acids is 1. The van der Waals surface area contributed by atoms with Crippen molar-refractivity contribution in [1.82, 2.24) is 9.55 Å². The van der Waals surface area contributed by atoms with Gasteiger partial charge in [-0.25, -0.2) is 13.2 Å². The molecule has 0 atom stereocenters. The zero-order chi connectivity index (χ0) is 23.5. The van der Waals surface area contributed by atoms with E-state index in [-0.39, 0.29) is 23.9 Å². The maximum Gasteiger partial charge on any atom is 0.309 e. The lowest BCUT2D eigenvalue weighted by Gasteiger charge is -2.13. The smallest absolute Gasteiger partial charge is 0.309 e. The van der Waals surface area contributed by atoms with E-state index < -0.39 is 29.0 Å². The van der Waals surface area contributed by atoms with E-state index in [1.54, 1.807) is 36.4 Å². The van der Waals surface area contributed by atoms with Gasteiger partial charge in [-0.2, -0.15) is 4.98 Å². The van der Waals surface area contributed by atoms with Crippen LogP contribution in [0.15, 0.2) is 65.7 Å². The molecule has 0 radical (unpaired) electrons. The minimum Gasteiger partial charge on any atom is -0.469 e. The minimum atomic E-state index is -1.04. The predicted molar refractivity (Wildman–Crippen MR) is 114 cm³/mol. The highest BCUT2D eigenvalue weighted by molar-refractivity contribution is 5.79. The van der Waals surface area contributed by atoms with E-state index in [0.29, 0.717) is 34.7 Å². The second-order valence-electron chi connectivity index (χ2n) is 7.21. The average molecular weight is 454 g/mol. The fourth-order valence-electron chi connectivity index (χ4n) is 3.37. The zero-order valence-electron chi connectivity index (χ0n) is 17.3. The van der Waals surface area contributed by atoms with Crippen LogP contribution in [0.5, 0.6) is 11.5 Å². The molecule has 0 aliphatic rings. The van der Waals surface area contributed by atoms with Crippen molar-refractivity contribution in [2.24, 2.45) is 0 Å². The number of rotatable bonds is 6. The van der Waals surface area contributed by atoms with Crippen LogP contribution < -0.4 is 10.3 Å². The van der Waals surface area contributed by atoms with Crippen LogP contribution in [0, 0.1) is 17.5 Å². The first-order valence-corrected chi connectivity index (χ1v) is 9.80. The molecule has 6 nitrogen and oxygen atoms in total. The minimum absolute atomic E-state index is 0.0799. The Morgan fingerprint density at radius 3 is 2.45 bits per heavy atom. The summed E-state index contributed by atoms with van der Waals surface area (Å²) >= 11 is 0. The van der Waals surface area contributed by atoms with Gasteiger partial charge in [0.25, 0.3) is 5.56 Å². The van der Waals surface area contributed by atoms with Crippen LogP contribution in [0.1, 0.15) is 11.1 Å². The van der Waals surface area contributed by atoms with Gasteiger partial charge in [-0.3, -0.25) is 9.59 Å². The zero-order valence-corrected chi connectivity index (χ0v) is 17.3. The largest absolute Gasteiger partial charge is 0.469 e. The van der Waals surface area contributed by atoms with Crippen molar-refractivity contribution in [3.05, 3.63) is 99.9 Å². The van der Waals surface area contributed by atoms with Crippen molar-refractivity contribution >= 4 is 16.9 Å². The molecule has 168 valence electrons. The van der Waals surface area contributed by atoms with Gasteiger partial charge in [0, 0.05) is 17.7 Å². The lowest BCUT2D eigenvalue weighted by molar-refractivity contribution is -0.139. The number of carbonyl (C=O) groups is 1. The number of methoxy groups -OCH3 is 1. The van der Waals surface area contributed by atoms with Crippen molar-refractivity contribution in [3.63, 3.8) is 0 Å². The molecule has 0 aliphatic heterocycles. The van der Waals surface area contributed by atoms with Crippen LogP contribution in [-0.4, -0.2) is 22.6 Å². The van der Waals surface area contributed by atoms with Gasteiger partial charge < -0.3 is 14.0 Å². The van der Waals surface area contributed by atoms with Crippen LogP contribution in [0.25, 0.3) is 10.9 Å². The fraction of sp³-hybridized carbons (Fsp3) is 0.125. The summed E-state index contributed by atoms with van der Waals surface area (Å²) in [4.78, 5) is 27.6. The maximum atomic E-state index is 14.1. The molecule has 9 heteroatoms. The molecule has 4 rings (SSSR count). The highest BCUT2D eigenvalue weighted by Crippen LogP contribution is 2.26. The van der Waals surface area contributed by atoms with E-state index in [2.05, 4.69) is 9.72 Å². The maximum absolute atomic E-state index is 14.1. The van der Waals surface area contributed by atoms with E-state index >= 15 is 0 Å². The molecule has 4 aromatic rings. The van der Waals surface area contributed by atoms with Gasteiger partial charge in [0.1, 0.15) is 29.0 Å². The quantitative estimate of drug-likeness (QED) is 0.405. The Bertz CT molecular complexity index is 1400. The second-order valence-corrected chi connectivity index (χ2v) is 7.21. The third-order valence-corrected chi connectivity index (χ3v) is 4.97. The molecule has 0 aliphatic carbocycles. The Balaban J connectivity index is 1.65. The van der Waals surface area contributed by atoms with Crippen LogP contribution in [0.2, 0.25) is 0 Å². The van der Waals surface area contributed by atoms with Crippen LogP contribution >= 0.6 is 0 Å². The summed E-state index contributed by atoms with van der Waals surface area (Å²) < 4.78 is 53.3. The van der Waals surface area contributed by atoms with E-state index in [4.69, 9.17) is 4.74 Å². The summed E-state index contributed by atoms with van der Waals surface area (Å²) in [6.45, 7) is -0.294. The normalized spacial score (nSPS) is 10.9. The third-order valence-electron chi connectivity index (χ3n) is 4.97. The van der Waals surface area contributed by atoms with E-state index in [9.17, 15) is 22.8 Å². The molecule has 33 heavy (non-hydrogen) atoms. The van der Waals surface area contributed by atoms with Crippen molar-refractivity contribution < 1.29 is 27.4 Å². The number of esters is 1. The number of hydrogen-bond acceptors (Lipinski definition) is 5. The molecule has 1 heterocycles. The van der Waals surface area contributed by atoms with Crippen LogP contribution in [0.3, 0.4) is 0 Å². The molecule has 3 aromatic carbocycles. The Morgan fingerprint density at radius 2 is 1.73 bits per heavy atom. The number of aromatic nitrogens is 2. The number of halogens is 3. The molecule has 0 spiro atoms. The molecular formula is C24H17F3N2O4. The molecule has 0 amide bonds. The van der Waals surface area contributed by atoms with Gasteiger partial charge in [-0.1, -0.05) is 12.1 Å². The molecule has 1 aromatic heterocycles. The van der Waals surface area contributed by atoms with Crippen molar-refractivity contribution in [3.8, 4) is 11.5 Å². The van der Waals surface area contributed by atoms with Crippen LogP contribution in [-0.2, 0) is 22.5 Å². The molecule has 0 N–H and O–H groups in total. The summed E-state index contributed by atoms with van der Waals surface area (Å²) in [7, 11) is 1.30. The topological polar surface area (TPSA) is 70.4 Å². The van der Waals surface area contributed by atoms with Gasteiger partial charge in [-0.05, 0) is 35.9 Å². The van der Waals surface area contributed by atoms with Gasteiger partial charge in [0.2, 0.25) is 0 Å². The Kier molecular flexibility index (Phi) is 6.12. The van der Waals surface area contributed by atoms with E-state index in [1.165, 1.54) is 24.1 Å². The lowest BCUT2D eigenvalue weighted by Crippen LogP contribution is -2.14. The highest BCUT2D eigenvalue weighted by atomic mass is 19.1. The van der Waals surface area contributed by atoms with Crippen molar-refractivity contribution in [2.45, 2.75) is 13.0 Å². The first-order valence-electron chi connectivity index (χ1n) is 9.80. The highest BCUT2D eigenvalue weighted by Gasteiger charge is 2.14. The molecule has 0 bridgehead atoms. The van der Waals surface area contributed by atoms with E-state index in [0.717, 1.165) is 0 Å². The predicted octanol–water partition coefficient (Wildman–Crippen LogP) is 4.37. The summed E-state index contributed by atoms with van der Waals surface area (Å²) in [5.74, 6) is -2.71. The van der Waals surface area contributed by atoms with E-state index in [1.807, 2.05) is 0 Å². The van der Waals surface area contributed by atoms with Gasteiger partial charge in [-0.15, -0.1) is 0 Å². The van der Waals surface area contributed by atoms with Crippen LogP contribution in [0.4, 0.5) is 13.2 Å². The van der Waals surface area contributed by atoms with Gasteiger partial charge >= 0.3 is 5.97 Å². The first-order chi connectivity index (χ1) is 15.8. The molecule has 0 unspecified atom stereocenters. The number of benzene rings is 3. The molecule has 0 saturated carbocycles. The average Bonchev–Trinajstić information content (AvgIpc) is 2.78. The molecule has 0 saturated heterocycles. The number of nitrogens with zero attached hydrogens (tertiary/aromatic N) is 2. The van der Waals surface area contributed by atoms with Gasteiger partial charge in [0.05, 0.1) is 37.3 Å².